The Morgan fingerprint density at radius 1 is 1.07 bits per heavy atom. The highest BCUT2D eigenvalue weighted by Gasteiger charge is 2.13. The second-order valence-corrected chi connectivity index (χ2v) is 5.99. The Morgan fingerprint density at radius 2 is 1.74 bits per heavy atom. The molecule has 0 aliphatic rings. The first kappa shape index (κ1) is 19.7. The smallest absolute Gasteiger partial charge is 0.267 e. The van der Waals surface area contributed by atoms with Crippen LogP contribution in [0.1, 0.15) is 25.0 Å². The van der Waals surface area contributed by atoms with E-state index in [-0.39, 0.29) is 11.5 Å². The molecule has 2 aromatic rings. The van der Waals surface area contributed by atoms with Gasteiger partial charge in [-0.2, -0.15) is 5.26 Å². The molecule has 0 bridgehead atoms. The van der Waals surface area contributed by atoms with Crippen molar-refractivity contribution in [1.82, 2.24) is 0 Å². The maximum absolute atomic E-state index is 12.5. The number of hydrogen-bond acceptors (Lipinski definition) is 4. The van der Waals surface area contributed by atoms with Gasteiger partial charge >= 0.3 is 0 Å². The predicted molar refractivity (Wildman–Crippen MR) is 107 cm³/mol. The molecule has 2 amide bonds. The molecule has 0 radical (unpaired) electrons. The van der Waals surface area contributed by atoms with Crippen molar-refractivity contribution < 1.29 is 9.59 Å². The Hall–Kier alpha value is -3.59. The topological polar surface area (TPSA) is 94.0 Å². The van der Waals surface area contributed by atoms with E-state index in [0.717, 1.165) is 23.2 Å². The first-order chi connectivity index (χ1) is 12.9. The summed E-state index contributed by atoms with van der Waals surface area (Å²) in [7, 11) is 0. The number of amides is 2. The second kappa shape index (κ2) is 9.20. The minimum absolute atomic E-state index is 0.0359. The van der Waals surface area contributed by atoms with E-state index in [9.17, 15) is 14.9 Å². The van der Waals surface area contributed by atoms with Crippen LogP contribution in [-0.2, 0) is 16.0 Å². The molecule has 27 heavy (non-hydrogen) atoms. The molecular weight excluding hydrogens is 340 g/mol. The molecule has 3 N–H and O–H groups in total. The van der Waals surface area contributed by atoms with Crippen LogP contribution in [-0.4, -0.2) is 11.8 Å². The fourth-order valence-corrected chi connectivity index (χ4v) is 2.54. The van der Waals surface area contributed by atoms with Crippen molar-refractivity contribution in [2.75, 3.05) is 16.0 Å². The summed E-state index contributed by atoms with van der Waals surface area (Å²) in [6.07, 6.45) is 2.15. The predicted octanol–water partition coefficient (Wildman–Crippen LogP) is 3.97. The lowest BCUT2D eigenvalue weighted by Crippen LogP contribution is -2.16. The number of hydrogen-bond donors (Lipinski definition) is 3. The molecule has 0 saturated heterocycles. The number of nitriles is 1. The highest BCUT2D eigenvalue weighted by Crippen LogP contribution is 2.22. The van der Waals surface area contributed by atoms with Crippen LogP contribution in [0.2, 0.25) is 0 Å². The molecule has 6 nitrogen and oxygen atoms in total. The third kappa shape index (κ3) is 5.44. The van der Waals surface area contributed by atoms with E-state index in [0.29, 0.717) is 11.4 Å². The van der Waals surface area contributed by atoms with Gasteiger partial charge in [0.15, 0.2) is 0 Å². The lowest BCUT2D eigenvalue weighted by atomic mass is 10.1. The van der Waals surface area contributed by atoms with Crippen molar-refractivity contribution in [2.24, 2.45) is 0 Å². The highest BCUT2D eigenvalue weighted by molar-refractivity contribution is 6.07. The summed E-state index contributed by atoms with van der Waals surface area (Å²) in [6, 6.07) is 14.7. The van der Waals surface area contributed by atoms with Crippen LogP contribution >= 0.6 is 0 Å². The summed E-state index contributed by atoms with van der Waals surface area (Å²) in [4.78, 5) is 23.5. The van der Waals surface area contributed by atoms with Crippen LogP contribution in [0.3, 0.4) is 0 Å². The van der Waals surface area contributed by atoms with Gasteiger partial charge in [-0.25, -0.2) is 0 Å². The quantitative estimate of drug-likeness (QED) is 0.535. The summed E-state index contributed by atoms with van der Waals surface area (Å²) < 4.78 is 0. The summed E-state index contributed by atoms with van der Waals surface area (Å²) in [5.41, 5.74) is 4.03. The zero-order valence-electron chi connectivity index (χ0n) is 15.6. The van der Waals surface area contributed by atoms with E-state index in [1.54, 1.807) is 24.3 Å². The zero-order valence-corrected chi connectivity index (χ0v) is 15.6. The van der Waals surface area contributed by atoms with Gasteiger partial charge < -0.3 is 16.0 Å². The largest absolute Gasteiger partial charge is 0.360 e. The molecule has 0 spiro atoms. The van der Waals surface area contributed by atoms with Gasteiger partial charge in [0.25, 0.3) is 5.91 Å². The van der Waals surface area contributed by atoms with E-state index in [2.05, 4.69) is 16.0 Å². The highest BCUT2D eigenvalue weighted by atomic mass is 16.2. The van der Waals surface area contributed by atoms with E-state index >= 15 is 0 Å². The number of benzene rings is 2. The molecule has 2 rings (SSSR count). The molecule has 138 valence electrons. The van der Waals surface area contributed by atoms with Crippen LogP contribution in [0.5, 0.6) is 0 Å². The van der Waals surface area contributed by atoms with Crippen LogP contribution in [0.25, 0.3) is 0 Å². The first-order valence-corrected chi connectivity index (χ1v) is 8.59. The van der Waals surface area contributed by atoms with Gasteiger partial charge in [-0.05, 0) is 48.7 Å². The number of anilines is 3. The van der Waals surface area contributed by atoms with Gasteiger partial charge in [0.1, 0.15) is 11.6 Å². The Kier molecular flexibility index (Phi) is 6.73. The zero-order chi connectivity index (χ0) is 19.8. The van der Waals surface area contributed by atoms with Crippen molar-refractivity contribution in [3.05, 3.63) is 65.4 Å². The molecular formula is C21H22N4O2. The number of nitrogens with one attached hydrogen (secondary N) is 3. The van der Waals surface area contributed by atoms with Crippen molar-refractivity contribution in [3.8, 4) is 6.07 Å². The molecule has 0 aliphatic heterocycles. The maximum Gasteiger partial charge on any atom is 0.267 e. The van der Waals surface area contributed by atoms with Gasteiger partial charge in [-0.15, -0.1) is 0 Å². The number of aryl methyl sites for hydroxylation is 2. The number of carbonyl (C=O) groups is 2. The Balaban J connectivity index is 2.11. The minimum Gasteiger partial charge on any atom is -0.360 e. The van der Waals surface area contributed by atoms with E-state index in [1.807, 2.05) is 38.1 Å². The Morgan fingerprint density at radius 3 is 2.33 bits per heavy atom. The van der Waals surface area contributed by atoms with Crippen molar-refractivity contribution >= 4 is 28.9 Å². The third-order valence-electron chi connectivity index (χ3n) is 3.93. The molecule has 0 atom stereocenters. The number of para-hydroxylation sites is 1. The van der Waals surface area contributed by atoms with Crippen LogP contribution in [0.15, 0.2) is 54.2 Å². The molecule has 0 aliphatic carbocycles. The first-order valence-electron chi connectivity index (χ1n) is 8.59. The lowest BCUT2D eigenvalue weighted by molar-refractivity contribution is -0.114. The van der Waals surface area contributed by atoms with Gasteiger partial charge in [0.05, 0.1) is 0 Å². The second-order valence-electron chi connectivity index (χ2n) is 5.99. The Labute approximate surface area is 158 Å². The van der Waals surface area contributed by atoms with Gasteiger partial charge in [-0.1, -0.05) is 25.1 Å². The fraction of sp³-hybridized carbons (Fsp3) is 0.190. The lowest BCUT2D eigenvalue weighted by Gasteiger charge is -2.12. The maximum atomic E-state index is 12.5. The van der Waals surface area contributed by atoms with Crippen LogP contribution in [0, 0.1) is 18.3 Å². The summed E-state index contributed by atoms with van der Waals surface area (Å²) >= 11 is 0. The molecule has 0 saturated carbocycles. The van der Waals surface area contributed by atoms with Crippen molar-refractivity contribution in [3.63, 3.8) is 0 Å². The van der Waals surface area contributed by atoms with Crippen LogP contribution in [0.4, 0.5) is 17.1 Å². The normalized spacial score (nSPS) is 10.7. The molecule has 0 aromatic heterocycles. The summed E-state index contributed by atoms with van der Waals surface area (Å²) in [6.45, 7) is 5.36. The average molecular weight is 362 g/mol. The van der Waals surface area contributed by atoms with Gasteiger partial charge in [0, 0.05) is 30.2 Å². The monoisotopic (exact) mass is 362 g/mol. The minimum atomic E-state index is -0.469. The molecule has 6 heteroatoms. The standard InChI is InChI=1S/C21H22N4O2/c1-4-16-7-5-6-14(2)20(16)25-21(27)17(12-22)13-23-18-8-10-19(11-9-18)24-15(3)26/h5-11,13,23H,4H2,1-3H3,(H,24,26)(H,25,27)/b17-13-. The van der Waals surface area contributed by atoms with Gasteiger partial charge in [0.2, 0.25) is 5.91 Å². The molecule has 0 heterocycles. The SMILES string of the molecule is CCc1cccc(C)c1NC(=O)/C(C#N)=C\Nc1ccc(NC(C)=O)cc1. The van der Waals surface area contributed by atoms with E-state index in [1.165, 1.54) is 13.1 Å². The fourth-order valence-electron chi connectivity index (χ4n) is 2.54. The molecule has 0 unspecified atom stereocenters. The van der Waals surface area contributed by atoms with Crippen molar-refractivity contribution in [2.45, 2.75) is 27.2 Å². The summed E-state index contributed by atoms with van der Waals surface area (Å²) in [5, 5.41) is 17.8. The van der Waals surface area contributed by atoms with Crippen LogP contribution < -0.4 is 16.0 Å². The molecule has 0 fully saturated rings. The number of nitrogens with zero attached hydrogens (tertiary/aromatic N) is 1. The average Bonchev–Trinajstić information content (AvgIpc) is 2.64. The molecule has 2 aromatic carbocycles. The third-order valence-corrected chi connectivity index (χ3v) is 3.93. The van der Waals surface area contributed by atoms with Crippen molar-refractivity contribution in [1.29, 1.82) is 5.26 Å². The van der Waals surface area contributed by atoms with E-state index in [4.69, 9.17) is 0 Å². The number of carbonyl (C=O) groups excluding carboxylic acids is 2. The number of rotatable bonds is 6. The van der Waals surface area contributed by atoms with E-state index < -0.39 is 5.91 Å². The Bertz CT molecular complexity index is 909. The van der Waals surface area contributed by atoms with Gasteiger partial charge in [-0.3, -0.25) is 9.59 Å². The summed E-state index contributed by atoms with van der Waals surface area (Å²) in [5.74, 6) is -0.620.